The smallest absolute Gasteiger partial charge is 0.409 e. The molecule has 3 amide bonds. The van der Waals surface area contributed by atoms with Crippen molar-refractivity contribution in [3.8, 4) is 5.88 Å². The van der Waals surface area contributed by atoms with Crippen molar-refractivity contribution in [1.29, 1.82) is 0 Å². The van der Waals surface area contributed by atoms with Crippen molar-refractivity contribution in [1.82, 2.24) is 14.6 Å². The third kappa shape index (κ3) is 6.57. The molecule has 0 aliphatic carbocycles. The molecule has 0 atom stereocenters. The number of aryl methyl sites for hydroxylation is 1. The zero-order chi connectivity index (χ0) is 24.0. The van der Waals surface area contributed by atoms with E-state index in [2.05, 4.69) is 24.6 Å². The summed E-state index contributed by atoms with van der Waals surface area (Å²) in [5.74, 6) is -3.09. The quantitative estimate of drug-likeness (QED) is 0.444. The minimum atomic E-state index is -4.12. The van der Waals surface area contributed by atoms with Crippen molar-refractivity contribution in [2.45, 2.75) is 38.7 Å². The Morgan fingerprint density at radius 2 is 2.00 bits per heavy atom. The molecular formula is C21H26F3N5O3S. The second-order valence-corrected chi connectivity index (χ2v) is 8.57. The molecule has 0 unspecified atom stereocenters. The summed E-state index contributed by atoms with van der Waals surface area (Å²) in [6, 6.07) is 2.49. The van der Waals surface area contributed by atoms with Crippen molar-refractivity contribution in [2.75, 3.05) is 31.5 Å². The van der Waals surface area contributed by atoms with E-state index in [1.165, 1.54) is 18.9 Å². The van der Waals surface area contributed by atoms with Crippen LogP contribution in [0.25, 0.3) is 0 Å². The molecule has 1 aliphatic rings. The summed E-state index contributed by atoms with van der Waals surface area (Å²) >= 11 is 0.554. The average Bonchev–Trinajstić information content (AvgIpc) is 3.37. The highest BCUT2D eigenvalue weighted by molar-refractivity contribution is 7.11. The van der Waals surface area contributed by atoms with E-state index >= 15 is 0 Å². The lowest BCUT2D eigenvalue weighted by Crippen LogP contribution is -2.31. The number of carbonyl (C=O) groups excluding carboxylic acids is 2. The van der Waals surface area contributed by atoms with Gasteiger partial charge in [0.1, 0.15) is 21.9 Å². The Balaban J connectivity index is 1.59. The fourth-order valence-electron chi connectivity index (χ4n) is 3.50. The van der Waals surface area contributed by atoms with E-state index in [4.69, 9.17) is 5.73 Å². The number of halogens is 3. The van der Waals surface area contributed by atoms with Gasteiger partial charge >= 0.3 is 12.1 Å². The second kappa shape index (κ2) is 10.8. The fraction of sp³-hybridized carbons (Fsp3) is 0.476. The van der Waals surface area contributed by atoms with Crippen LogP contribution in [0.5, 0.6) is 5.88 Å². The van der Waals surface area contributed by atoms with Gasteiger partial charge in [-0.05, 0) is 81.5 Å². The molecule has 1 aliphatic heterocycles. The summed E-state index contributed by atoms with van der Waals surface area (Å²) in [4.78, 5) is 26.4. The van der Waals surface area contributed by atoms with Gasteiger partial charge in [-0.2, -0.15) is 13.2 Å². The van der Waals surface area contributed by atoms with E-state index < -0.39 is 40.9 Å². The van der Waals surface area contributed by atoms with E-state index in [1.807, 2.05) is 0 Å². The maximum atomic E-state index is 14.5. The summed E-state index contributed by atoms with van der Waals surface area (Å²) < 4.78 is 51.3. The van der Waals surface area contributed by atoms with Crippen LogP contribution in [0.3, 0.4) is 0 Å². The molecule has 0 spiro atoms. The summed E-state index contributed by atoms with van der Waals surface area (Å²) in [5.41, 5.74) is 4.21. The Morgan fingerprint density at radius 1 is 1.27 bits per heavy atom. The number of nitrogens with zero attached hydrogens (tertiary/aromatic N) is 2. The molecule has 1 aromatic carbocycles. The normalized spacial score (nSPS) is 14.3. The molecule has 2 aromatic rings. The molecule has 3 rings (SSSR count). The third-order valence-corrected chi connectivity index (χ3v) is 5.93. The van der Waals surface area contributed by atoms with Gasteiger partial charge in [0.15, 0.2) is 0 Å². The van der Waals surface area contributed by atoms with Crippen molar-refractivity contribution in [3.63, 3.8) is 0 Å². The highest BCUT2D eigenvalue weighted by Crippen LogP contribution is 2.38. The molecule has 4 N–H and O–H groups in total. The Hall–Kier alpha value is -2.86. The Kier molecular flexibility index (Phi) is 8.14. The van der Waals surface area contributed by atoms with Gasteiger partial charge in [-0.15, -0.1) is 0 Å². The van der Waals surface area contributed by atoms with E-state index in [0.717, 1.165) is 44.6 Å². The van der Waals surface area contributed by atoms with Crippen LogP contribution in [0.2, 0.25) is 0 Å². The molecule has 1 aromatic heterocycles. The lowest BCUT2D eigenvalue weighted by Gasteiger charge is -2.18. The van der Waals surface area contributed by atoms with Crippen LogP contribution >= 0.6 is 11.5 Å². The largest absolute Gasteiger partial charge is 0.430 e. The molecule has 0 saturated carbocycles. The molecule has 1 saturated heterocycles. The van der Waals surface area contributed by atoms with Crippen LogP contribution in [0.4, 0.5) is 23.0 Å². The number of likely N-dealkylation sites (tertiary alicyclic amines) is 1. The first-order chi connectivity index (χ1) is 15.7. The number of urea groups is 1. The summed E-state index contributed by atoms with van der Waals surface area (Å²) in [7, 11) is 0. The van der Waals surface area contributed by atoms with E-state index in [-0.39, 0.29) is 5.00 Å². The SMILES string of the molecule is Cc1ccc(C(F)(F)Oc2nsc(NC(=O)NCCCCN3CCCC3)c2C(N)=O)c(F)c1. The first kappa shape index (κ1) is 24.8. The standard InChI is InChI=1S/C21H26F3N5O3S/c1-13-6-7-14(15(22)12-13)21(23,24)32-18-16(17(25)30)19(33-28-18)27-20(31)26-8-2-3-9-29-10-4-5-11-29/h6-7,12H,2-5,8-11H2,1H3,(H2,25,30)(H2,26,27,31). The van der Waals surface area contributed by atoms with Crippen molar-refractivity contribution >= 4 is 28.5 Å². The first-order valence-electron chi connectivity index (χ1n) is 10.6. The minimum Gasteiger partial charge on any atom is -0.409 e. The number of nitrogens with one attached hydrogen (secondary N) is 2. The molecule has 33 heavy (non-hydrogen) atoms. The van der Waals surface area contributed by atoms with Crippen LogP contribution in [-0.2, 0) is 6.11 Å². The van der Waals surface area contributed by atoms with Crippen molar-refractivity contribution in [3.05, 3.63) is 40.7 Å². The lowest BCUT2D eigenvalue weighted by atomic mass is 10.1. The number of primary amides is 1. The van der Waals surface area contributed by atoms with Gasteiger partial charge in [0.05, 0.1) is 0 Å². The van der Waals surface area contributed by atoms with E-state index in [0.29, 0.717) is 23.6 Å². The van der Waals surface area contributed by atoms with Gasteiger partial charge < -0.3 is 20.7 Å². The zero-order valence-corrected chi connectivity index (χ0v) is 18.9. The fourth-order valence-corrected chi connectivity index (χ4v) is 4.22. The number of unbranched alkanes of at least 4 members (excludes halogenated alkanes) is 1. The molecule has 180 valence electrons. The van der Waals surface area contributed by atoms with Crippen LogP contribution < -0.4 is 21.1 Å². The highest BCUT2D eigenvalue weighted by atomic mass is 32.1. The van der Waals surface area contributed by atoms with Crippen LogP contribution in [0.15, 0.2) is 18.2 Å². The third-order valence-electron chi connectivity index (χ3n) is 5.18. The predicted molar refractivity (Wildman–Crippen MR) is 118 cm³/mol. The van der Waals surface area contributed by atoms with Gasteiger partial charge in [0, 0.05) is 6.54 Å². The van der Waals surface area contributed by atoms with Gasteiger partial charge in [0.2, 0.25) is 5.88 Å². The maximum absolute atomic E-state index is 14.5. The number of nitrogens with two attached hydrogens (primary N) is 1. The first-order valence-corrected chi connectivity index (χ1v) is 11.3. The number of hydrogen-bond acceptors (Lipinski definition) is 6. The van der Waals surface area contributed by atoms with Crippen LogP contribution in [-0.4, -0.2) is 47.4 Å². The number of aromatic nitrogens is 1. The molecule has 0 radical (unpaired) electrons. The molecular weight excluding hydrogens is 459 g/mol. The average molecular weight is 486 g/mol. The van der Waals surface area contributed by atoms with Gasteiger partial charge in [0.25, 0.3) is 5.91 Å². The molecule has 12 heteroatoms. The van der Waals surface area contributed by atoms with Crippen LogP contribution in [0.1, 0.15) is 47.2 Å². The number of rotatable bonds is 10. The monoisotopic (exact) mass is 485 g/mol. The topological polar surface area (TPSA) is 110 Å². The number of hydrogen-bond donors (Lipinski definition) is 3. The highest BCUT2D eigenvalue weighted by Gasteiger charge is 2.40. The minimum absolute atomic E-state index is 0.146. The summed E-state index contributed by atoms with van der Waals surface area (Å²) in [5, 5.41) is 4.88. The molecule has 1 fully saturated rings. The molecule has 8 nitrogen and oxygen atoms in total. The molecule has 2 heterocycles. The number of amides is 3. The Bertz CT molecular complexity index is 996. The Morgan fingerprint density at radius 3 is 2.67 bits per heavy atom. The van der Waals surface area contributed by atoms with E-state index in [9.17, 15) is 22.8 Å². The number of alkyl halides is 2. The summed E-state index contributed by atoms with van der Waals surface area (Å²) in [6.07, 6.45) is 0.00349. The predicted octanol–water partition coefficient (Wildman–Crippen LogP) is 3.82. The van der Waals surface area contributed by atoms with Gasteiger partial charge in [-0.1, -0.05) is 6.07 Å². The van der Waals surface area contributed by atoms with Crippen LogP contribution in [0, 0.1) is 12.7 Å². The van der Waals surface area contributed by atoms with E-state index in [1.54, 1.807) is 6.92 Å². The zero-order valence-electron chi connectivity index (χ0n) is 18.1. The number of carbonyl (C=O) groups is 2. The van der Waals surface area contributed by atoms with Crippen molar-refractivity contribution < 1.29 is 27.5 Å². The molecule has 0 bridgehead atoms. The van der Waals surface area contributed by atoms with Crippen molar-refractivity contribution in [2.24, 2.45) is 5.73 Å². The maximum Gasteiger partial charge on any atom is 0.430 e. The van der Waals surface area contributed by atoms with Gasteiger partial charge in [-0.25, -0.2) is 9.18 Å². The number of anilines is 1. The Labute approximate surface area is 193 Å². The van der Waals surface area contributed by atoms with Gasteiger partial charge in [-0.3, -0.25) is 10.1 Å². The number of ether oxygens (including phenoxy) is 1. The summed E-state index contributed by atoms with van der Waals surface area (Å²) in [6.45, 7) is 5.14. The number of benzene rings is 1. The lowest BCUT2D eigenvalue weighted by molar-refractivity contribution is -0.189. The second-order valence-electron chi connectivity index (χ2n) is 7.79.